The van der Waals surface area contributed by atoms with Gasteiger partial charge in [0.1, 0.15) is 11.4 Å². The van der Waals surface area contributed by atoms with E-state index in [1.807, 2.05) is 0 Å². The van der Waals surface area contributed by atoms with Crippen LogP contribution in [0.15, 0.2) is 42.2 Å². The van der Waals surface area contributed by atoms with Crippen molar-refractivity contribution < 1.29 is 14.3 Å². The highest BCUT2D eigenvalue weighted by Gasteiger charge is 2.25. The molecule has 0 radical (unpaired) electrons. The zero-order chi connectivity index (χ0) is 17.0. The van der Waals surface area contributed by atoms with Gasteiger partial charge in [-0.25, -0.2) is 4.39 Å². The minimum Gasteiger partial charge on any atom is -0.383 e. The van der Waals surface area contributed by atoms with E-state index in [-0.39, 0.29) is 18.3 Å². The summed E-state index contributed by atoms with van der Waals surface area (Å²) in [6.07, 6.45) is 4.92. The van der Waals surface area contributed by atoms with Gasteiger partial charge in [-0.05, 0) is 37.6 Å². The van der Waals surface area contributed by atoms with Gasteiger partial charge in [-0.2, -0.15) is 5.10 Å². The lowest BCUT2D eigenvalue weighted by atomic mass is 9.99. The zero-order valence-electron chi connectivity index (χ0n) is 13.4. The molecule has 23 heavy (non-hydrogen) atoms. The maximum Gasteiger partial charge on any atom is 0.247 e. The van der Waals surface area contributed by atoms with Crippen molar-refractivity contribution in [2.75, 3.05) is 6.54 Å². The average molecular weight is 317 g/mol. The molecular weight excluding hydrogens is 297 g/mol. The van der Waals surface area contributed by atoms with Gasteiger partial charge in [-0.1, -0.05) is 12.1 Å². The molecule has 0 saturated heterocycles. The smallest absolute Gasteiger partial charge is 0.247 e. The Balaban J connectivity index is 1.99. The van der Waals surface area contributed by atoms with Crippen LogP contribution in [0.4, 0.5) is 4.39 Å². The molecule has 1 unspecified atom stereocenters. The minimum absolute atomic E-state index is 0.0616. The molecule has 1 amide bonds. The van der Waals surface area contributed by atoms with E-state index in [0.29, 0.717) is 11.1 Å². The molecular formula is C17H20FN3O2. The van der Waals surface area contributed by atoms with Gasteiger partial charge in [0.2, 0.25) is 5.91 Å². The van der Waals surface area contributed by atoms with Gasteiger partial charge in [-0.15, -0.1) is 0 Å². The molecule has 2 N–H and O–H groups in total. The van der Waals surface area contributed by atoms with Crippen LogP contribution in [0.25, 0.3) is 6.08 Å². The number of aromatic nitrogens is 2. The Morgan fingerprint density at radius 1 is 1.43 bits per heavy atom. The van der Waals surface area contributed by atoms with Gasteiger partial charge < -0.3 is 10.4 Å². The van der Waals surface area contributed by atoms with Gasteiger partial charge in [0, 0.05) is 24.4 Å². The molecule has 1 heterocycles. The summed E-state index contributed by atoms with van der Waals surface area (Å²) in [7, 11) is 1.76. The predicted octanol–water partition coefficient (Wildman–Crippen LogP) is 1.99. The maximum absolute atomic E-state index is 12.9. The molecule has 1 atom stereocenters. The Hall–Kier alpha value is -2.47. The topological polar surface area (TPSA) is 67.2 Å². The molecule has 0 aliphatic heterocycles. The van der Waals surface area contributed by atoms with Crippen molar-refractivity contribution in [1.29, 1.82) is 0 Å². The van der Waals surface area contributed by atoms with Crippen LogP contribution in [0, 0.1) is 5.82 Å². The standard InChI is InChI=1S/C17H20FN3O2/c1-12(8-13-4-6-15(18)7-5-13)16(22)19-11-17(2,23)14-9-20-21(3)10-14/h4-10,23H,11H2,1-3H3,(H,19,22). The molecule has 0 aliphatic rings. The summed E-state index contributed by atoms with van der Waals surface area (Å²) in [5.74, 6) is -0.615. The van der Waals surface area contributed by atoms with Crippen LogP contribution < -0.4 is 5.32 Å². The number of benzene rings is 1. The third-order valence-corrected chi connectivity index (χ3v) is 3.53. The molecule has 122 valence electrons. The number of aryl methyl sites for hydroxylation is 1. The van der Waals surface area contributed by atoms with Crippen LogP contribution in [-0.2, 0) is 17.4 Å². The second-order valence-electron chi connectivity index (χ2n) is 5.74. The van der Waals surface area contributed by atoms with Crippen molar-refractivity contribution >= 4 is 12.0 Å². The summed E-state index contributed by atoms with van der Waals surface area (Å²) in [6.45, 7) is 3.34. The number of halogens is 1. The summed E-state index contributed by atoms with van der Waals surface area (Å²) in [4.78, 5) is 12.1. The van der Waals surface area contributed by atoms with Crippen molar-refractivity contribution in [2.24, 2.45) is 7.05 Å². The maximum atomic E-state index is 12.9. The summed E-state index contributed by atoms with van der Waals surface area (Å²) in [6, 6.07) is 5.87. The summed E-state index contributed by atoms with van der Waals surface area (Å²) < 4.78 is 14.5. The Morgan fingerprint density at radius 3 is 2.65 bits per heavy atom. The fraction of sp³-hybridized carbons (Fsp3) is 0.294. The lowest BCUT2D eigenvalue weighted by Gasteiger charge is -2.22. The van der Waals surface area contributed by atoms with Crippen LogP contribution >= 0.6 is 0 Å². The molecule has 1 aromatic heterocycles. The summed E-state index contributed by atoms with van der Waals surface area (Å²) in [5.41, 5.74) is 0.622. The third-order valence-electron chi connectivity index (χ3n) is 3.53. The molecule has 6 heteroatoms. The van der Waals surface area contributed by atoms with E-state index < -0.39 is 5.60 Å². The number of carbonyl (C=O) groups excluding carboxylic acids is 1. The van der Waals surface area contributed by atoms with Crippen molar-refractivity contribution in [2.45, 2.75) is 19.4 Å². The lowest BCUT2D eigenvalue weighted by Crippen LogP contribution is -2.38. The molecule has 0 aliphatic carbocycles. The predicted molar refractivity (Wildman–Crippen MR) is 85.8 cm³/mol. The normalized spacial score (nSPS) is 14.4. The van der Waals surface area contributed by atoms with E-state index in [2.05, 4.69) is 10.4 Å². The molecule has 2 aromatic rings. The molecule has 1 aromatic carbocycles. The first-order valence-corrected chi connectivity index (χ1v) is 7.21. The number of nitrogens with one attached hydrogen (secondary N) is 1. The number of carbonyl (C=O) groups is 1. The molecule has 0 bridgehead atoms. The molecule has 0 fully saturated rings. The van der Waals surface area contributed by atoms with Crippen LogP contribution in [0.5, 0.6) is 0 Å². The van der Waals surface area contributed by atoms with Crippen molar-refractivity contribution in [3.8, 4) is 0 Å². The second kappa shape index (κ2) is 6.75. The average Bonchev–Trinajstić information content (AvgIpc) is 2.94. The highest BCUT2D eigenvalue weighted by Crippen LogP contribution is 2.18. The van der Waals surface area contributed by atoms with Crippen LogP contribution in [0.3, 0.4) is 0 Å². The fourth-order valence-corrected chi connectivity index (χ4v) is 2.07. The van der Waals surface area contributed by atoms with E-state index in [9.17, 15) is 14.3 Å². The number of hydrogen-bond donors (Lipinski definition) is 2. The van der Waals surface area contributed by atoms with E-state index >= 15 is 0 Å². The monoisotopic (exact) mass is 317 g/mol. The molecule has 2 rings (SSSR count). The van der Waals surface area contributed by atoms with Gasteiger partial charge in [0.05, 0.1) is 12.7 Å². The van der Waals surface area contributed by atoms with E-state index in [0.717, 1.165) is 5.56 Å². The first kappa shape index (κ1) is 16.9. The zero-order valence-corrected chi connectivity index (χ0v) is 13.4. The highest BCUT2D eigenvalue weighted by molar-refractivity contribution is 5.97. The van der Waals surface area contributed by atoms with Crippen LogP contribution in [0.1, 0.15) is 25.0 Å². The quantitative estimate of drug-likeness (QED) is 0.829. The van der Waals surface area contributed by atoms with Gasteiger partial charge in [0.15, 0.2) is 0 Å². The lowest BCUT2D eigenvalue weighted by molar-refractivity contribution is -0.118. The van der Waals surface area contributed by atoms with Crippen LogP contribution in [-0.4, -0.2) is 27.3 Å². The highest BCUT2D eigenvalue weighted by atomic mass is 19.1. The second-order valence-corrected chi connectivity index (χ2v) is 5.74. The number of hydrogen-bond acceptors (Lipinski definition) is 3. The van der Waals surface area contributed by atoms with Gasteiger partial charge in [0.25, 0.3) is 0 Å². The number of amides is 1. The van der Waals surface area contributed by atoms with Crippen molar-refractivity contribution in [1.82, 2.24) is 15.1 Å². The SMILES string of the molecule is CC(=Cc1ccc(F)cc1)C(=O)NCC(C)(O)c1cnn(C)c1. The largest absolute Gasteiger partial charge is 0.383 e. The number of aliphatic hydroxyl groups is 1. The van der Waals surface area contributed by atoms with E-state index in [1.165, 1.54) is 12.1 Å². The van der Waals surface area contributed by atoms with Gasteiger partial charge >= 0.3 is 0 Å². The van der Waals surface area contributed by atoms with Crippen molar-refractivity contribution in [3.05, 3.63) is 59.2 Å². The fourth-order valence-electron chi connectivity index (χ4n) is 2.07. The van der Waals surface area contributed by atoms with Crippen molar-refractivity contribution in [3.63, 3.8) is 0 Å². The first-order chi connectivity index (χ1) is 10.8. The number of rotatable bonds is 5. The summed E-state index contributed by atoms with van der Waals surface area (Å²) >= 11 is 0. The van der Waals surface area contributed by atoms with Crippen LogP contribution in [0.2, 0.25) is 0 Å². The van der Waals surface area contributed by atoms with E-state index in [1.54, 1.807) is 56.2 Å². The Kier molecular flexibility index (Phi) is 4.95. The van der Waals surface area contributed by atoms with Gasteiger partial charge in [-0.3, -0.25) is 9.48 Å². The Morgan fingerprint density at radius 2 is 2.09 bits per heavy atom. The first-order valence-electron chi connectivity index (χ1n) is 7.21. The number of nitrogens with zero attached hydrogens (tertiary/aromatic N) is 2. The summed E-state index contributed by atoms with van der Waals surface area (Å²) in [5, 5.41) is 17.1. The minimum atomic E-state index is -1.21. The molecule has 5 nitrogen and oxygen atoms in total. The Bertz CT molecular complexity index is 718. The third kappa shape index (κ3) is 4.50. The molecule has 0 spiro atoms. The Labute approximate surface area is 134 Å². The molecule has 0 saturated carbocycles. The van der Waals surface area contributed by atoms with E-state index in [4.69, 9.17) is 0 Å².